The highest BCUT2D eigenvalue weighted by Crippen LogP contribution is 2.51. The predicted molar refractivity (Wildman–Crippen MR) is 310 cm³/mol. The van der Waals surface area contributed by atoms with Gasteiger partial charge in [-0.25, -0.2) is 0 Å². The average molecular weight is 932 g/mol. The number of rotatable bonds is 6. The van der Waals surface area contributed by atoms with Gasteiger partial charge in [0, 0.05) is 32.7 Å². The average Bonchev–Trinajstić information content (AvgIpc) is 3.99. The van der Waals surface area contributed by atoms with Gasteiger partial charge in [0.2, 0.25) is 0 Å². The quantitative estimate of drug-likeness (QED) is 0.171. The molecular formula is C71H65N. The lowest BCUT2D eigenvalue weighted by molar-refractivity contribution is 0.659. The zero-order valence-electron chi connectivity index (χ0n) is 43.0. The molecule has 72 heavy (non-hydrogen) atoms. The largest absolute Gasteiger partial charge is 0.354 e. The van der Waals surface area contributed by atoms with Gasteiger partial charge in [0.25, 0.3) is 0 Å². The Labute approximate surface area is 427 Å². The first kappa shape index (κ1) is 46.6. The first-order valence-corrected chi connectivity index (χ1v) is 26.1. The highest BCUT2D eigenvalue weighted by molar-refractivity contribution is 6.11. The highest BCUT2D eigenvalue weighted by Gasteiger charge is 2.37. The molecule has 0 amide bonds. The van der Waals surface area contributed by atoms with Crippen molar-refractivity contribution in [3.8, 4) is 55.6 Å². The summed E-state index contributed by atoms with van der Waals surface area (Å²) >= 11 is 0. The number of para-hydroxylation sites is 2. The van der Waals surface area contributed by atoms with Gasteiger partial charge in [-0.3, -0.25) is 0 Å². The number of nitrogens with one attached hydrogen (secondary N) is 1. The molecule has 0 saturated heterocycles. The minimum absolute atomic E-state index is 0.0687. The molecule has 0 spiro atoms. The Bertz CT molecular complexity index is 3680. The number of fused-ring (bicyclic) bond motifs is 9. The van der Waals surface area contributed by atoms with E-state index in [4.69, 9.17) is 0 Å². The van der Waals surface area contributed by atoms with E-state index in [1.54, 1.807) is 0 Å². The third-order valence-electron chi connectivity index (χ3n) is 15.7. The second-order valence-corrected chi connectivity index (χ2v) is 21.3. The number of allylic oxidation sites excluding steroid dienone is 4. The summed E-state index contributed by atoms with van der Waals surface area (Å²) in [4.78, 5) is 3.60. The third kappa shape index (κ3) is 8.66. The number of benzene rings is 9. The van der Waals surface area contributed by atoms with Gasteiger partial charge in [-0.2, -0.15) is 0 Å². The Morgan fingerprint density at radius 1 is 0.417 bits per heavy atom. The van der Waals surface area contributed by atoms with Crippen LogP contribution < -0.4 is 0 Å². The number of aryl methyl sites for hydroxylation is 3. The predicted octanol–water partition coefficient (Wildman–Crippen LogP) is 19.6. The van der Waals surface area contributed by atoms with E-state index in [2.05, 4.69) is 266 Å². The van der Waals surface area contributed by atoms with Gasteiger partial charge in [-0.1, -0.05) is 246 Å². The Morgan fingerprint density at radius 2 is 0.944 bits per heavy atom. The van der Waals surface area contributed by atoms with Gasteiger partial charge in [0.15, 0.2) is 0 Å². The second kappa shape index (κ2) is 19.1. The van der Waals surface area contributed by atoms with Crippen LogP contribution in [0.4, 0.5) is 0 Å². The molecule has 0 atom stereocenters. The van der Waals surface area contributed by atoms with Crippen molar-refractivity contribution in [2.24, 2.45) is 0 Å². The zero-order chi connectivity index (χ0) is 49.6. The standard InChI is InChI=1S/C25H19N.C24H24.C22H22/c1-17-9-11-18(12-10-17)19-13-15-20(16-14-19)21-6-4-7-23-22-5-2-3-8-24(22)26-25(21)23;1-4-8-17-11-13-20-21-14-12-19(18-9-6-5-7-10-18)16-23(21)24(2,3)22(20)15-17;1-15-9-11-18-19-12-10-17(16-7-5-4-6-8-16)14-21(19)22(2,3)20(18)13-15/h2-16,26H,1H3;5-7,9-16H,4,8H2,1-3H3;5,7-14H,4,6H2,1-3H3. The van der Waals surface area contributed by atoms with Gasteiger partial charge in [0.1, 0.15) is 0 Å². The van der Waals surface area contributed by atoms with Crippen LogP contribution in [0.25, 0.3) is 83.0 Å². The van der Waals surface area contributed by atoms with Crippen LogP contribution in [0.5, 0.6) is 0 Å². The van der Waals surface area contributed by atoms with E-state index in [1.165, 1.54) is 140 Å². The van der Waals surface area contributed by atoms with Crippen LogP contribution in [0, 0.1) is 13.8 Å². The molecule has 10 aromatic rings. The van der Waals surface area contributed by atoms with Crippen LogP contribution in [-0.2, 0) is 17.3 Å². The van der Waals surface area contributed by atoms with Gasteiger partial charge in [-0.15, -0.1) is 0 Å². The molecule has 0 fully saturated rings. The fraction of sp³-hybridized carbons (Fsp3) is 0.183. The molecule has 9 aromatic carbocycles. The molecule has 0 bridgehead atoms. The monoisotopic (exact) mass is 932 g/mol. The van der Waals surface area contributed by atoms with E-state index in [0.717, 1.165) is 12.8 Å². The molecule has 354 valence electrons. The smallest absolute Gasteiger partial charge is 0.0544 e. The molecule has 13 rings (SSSR count). The lowest BCUT2D eigenvalue weighted by Gasteiger charge is -2.22. The van der Waals surface area contributed by atoms with Crippen LogP contribution in [0.2, 0.25) is 0 Å². The van der Waals surface area contributed by atoms with Crippen LogP contribution in [-0.4, -0.2) is 4.98 Å². The summed E-state index contributed by atoms with van der Waals surface area (Å²) < 4.78 is 0. The lowest BCUT2D eigenvalue weighted by atomic mass is 9.81. The summed E-state index contributed by atoms with van der Waals surface area (Å²) in [6.07, 6.45) is 11.6. The number of H-pyrrole nitrogens is 1. The topological polar surface area (TPSA) is 15.8 Å². The molecule has 1 nitrogen and oxygen atoms in total. The lowest BCUT2D eigenvalue weighted by Crippen LogP contribution is -2.15. The Balaban J connectivity index is 0.000000117. The number of hydrogen-bond donors (Lipinski definition) is 1. The molecular weight excluding hydrogens is 867 g/mol. The minimum Gasteiger partial charge on any atom is -0.354 e. The molecule has 0 saturated carbocycles. The Hall–Kier alpha value is -7.74. The van der Waals surface area contributed by atoms with E-state index >= 15 is 0 Å². The first-order chi connectivity index (χ1) is 35.0. The fourth-order valence-corrected chi connectivity index (χ4v) is 11.6. The summed E-state index contributed by atoms with van der Waals surface area (Å²) in [7, 11) is 0. The molecule has 1 heteroatoms. The van der Waals surface area contributed by atoms with Gasteiger partial charge >= 0.3 is 0 Å². The second-order valence-electron chi connectivity index (χ2n) is 21.3. The first-order valence-electron chi connectivity index (χ1n) is 26.1. The van der Waals surface area contributed by atoms with E-state index in [0.29, 0.717) is 0 Å². The molecule has 1 heterocycles. The van der Waals surface area contributed by atoms with Gasteiger partial charge < -0.3 is 4.98 Å². The molecule has 3 aliphatic carbocycles. The maximum Gasteiger partial charge on any atom is 0.0544 e. The summed E-state index contributed by atoms with van der Waals surface area (Å²) in [6.45, 7) is 16.0. The van der Waals surface area contributed by atoms with Crippen molar-refractivity contribution in [2.45, 2.75) is 85.0 Å². The molecule has 1 N–H and O–H groups in total. The van der Waals surface area contributed by atoms with E-state index in [9.17, 15) is 0 Å². The molecule has 1 aromatic heterocycles. The van der Waals surface area contributed by atoms with E-state index in [-0.39, 0.29) is 10.8 Å². The summed E-state index contributed by atoms with van der Waals surface area (Å²) in [5, 5.41) is 2.56. The zero-order valence-corrected chi connectivity index (χ0v) is 43.0. The van der Waals surface area contributed by atoms with Crippen molar-refractivity contribution in [1.29, 1.82) is 0 Å². The van der Waals surface area contributed by atoms with Crippen molar-refractivity contribution in [2.75, 3.05) is 0 Å². The van der Waals surface area contributed by atoms with Crippen molar-refractivity contribution < 1.29 is 0 Å². The molecule has 3 aliphatic rings. The highest BCUT2D eigenvalue weighted by atomic mass is 14.7. The van der Waals surface area contributed by atoms with Crippen molar-refractivity contribution in [3.63, 3.8) is 0 Å². The molecule has 0 radical (unpaired) electrons. The molecule has 0 aliphatic heterocycles. The summed E-state index contributed by atoms with van der Waals surface area (Å²) in [5.41, 5.74) is 28.4. The SMILES string of the molecule is CCCc1ccc2c(c1)C(C)(C)c1cc(-c3ccccc3)ccc1-2.Cc1ccc(-c2ccc(-c3cccc4c3[nH]c3ccccc34)cc2)cc1.Cc1ccc2c(c1)C(C)(C)c1cc(C3=CCCC=C3)ccc1-2. The summed E-state index contributed by atoms with van der Waals surface area (Å²) in [6, 6.07) is 71.2. The maximum atomic E-state index is 3.60. The van der Waals surface area contributed by atoms with Crippen molar-refractivity contribution in [3.05, 3.63) is 257 Å². The molecule has 0 unspecified atom stereocenters. The summed E-state index contributed by atoms with van der Waals surface area (Å²) in [5.74, 6) is 0. The van der Waals surface area contributed by atoms with E-state index < -0.39 is 0 Å². The van der Waals surface area contributed by atoms with Crippen LogP contribution in [0.15, 0.2) is 212 Å². The normalized spacial score (nSPS) is 14.3. The van der Waals surface area contributed by atoms with Gasteiger partial charge in [0.05, 0.1) is 5.52 Å². The van der Waals surface area contributed by atoms with E-state index in [1.807, 2.05) is 0 Å². The fourth-order valence-electron chi connectivity index (χ4n) is 11.6. The Kier molecular flexibility index (Phi) is 12.4. The van der Waals surface area contributed by atoms with Crippen molar-refractivity contribution in [1.82, 2.24) is 4.98 Å². The maximum absolute atomic E-state index is 3.60. The number of aromatic amines is 1. The van der Waals surface area contributed by atoms with Crippen molar-refractivity contribution >= 4 is 27.4 Å². The van der Waals surface area contributed by atoms with Gasteiger partial charge in [-0.05, 0) is 140 Å². The van der Waals surface area contributed by atoms with Crippen LogP contribution in [0.1, 0.15) is 98.4 Å². The van der Waals surface area contributed by atoms with Crippen LogP contribution >= 0.6 is 0 Å². The number of hydrogen-bond acceptors (Lipinski definition) is 0. The van der Waals surface area contributed by atoms with Crippen LogP contribution in [0.3, 0.4) is 0 Å². The number of aromatic nitrogens is 1. The third-order valence-corrected chi connectivity index (χ3v) is 15.7. The Morgan fingerprint density at radius 3 is 1.62 bits per heavy atom. The minimum atomic E-state index is 0.0687.